The van der Waals surface area contributed by atoms with Crippen LogP contribution in [0.2, 0.25) is 10.0 Å². The topological polar surface area (TPSA) is 72.8 Å². The Bertz CT molecular complexity index is 715. The maximum atomic E-state index is 11.7. The highest BCUT2D eigenvalue weighted by atomic mass is 35.5. The van der Waals surface area contributed by atoms with E-state index < -0.39 is 11.9 Å². The lowest BCUT2D eigenvalue weighted by Gasteiger charge is -2.08. The summed E-state index contributed by atoms with van der Waals surface area (Å²) < 4.78 is 10.2. The van der Waals surface area contributed by atoms with Crippen LogP contribution in [0.1, 0.15) is 10.4 Å². The number of carbonyl (C=O) groups excluding carboxylic acids is 1. The van der Waals surface area contributed by atoms with Gasteiger partial charge < -0.3 is 14.6 Å². The van der Waals surface area contributed by atoms with Crippen LogP contribution < -0.4 is 9.47 Å². The number of esters is 1. The van der Waals surface area contributed by atoms with Crippen molar-refractivity contribution in [1.29, 1.82) is 0 Å². The van der Waals surface area contributed by atoms with E-state index in [2.05, 4.69) is 0 Å². The van der Waals surface area contributed by atoms with Crippen molar-refractivity contribution in [1.82, 2.24) is 0 Å². The first-order chi connectivity index (χ1) is 10.5. The average Bonchev–Trinajstić information content (AvgIpc) is 2.46. The van der Waals surface area contributed by atoms with Crippen molar-refractivity contribution in [3.8, 4) is 11.5 Å². The number of carbonyl (C=O) groups is 2. The van der Waals surface area contributed by atoms with Crippen molar-refractivity contribution in [3.63, 3.8) is 0 Å². The average molecular weight is 341 g/mol. The first-order valence-electron chi connectivity index (χ1n) is 6.07. The van der Waals surface area contributed by atoms with Crippen LogP contribution in [-0.2, 0) is 4.79 Å². The summed E-state index contributed by atoms with van der Waals surface area (Å²) in [6.45, 7) is -0.376. The van der Waals surface area contributed by atoms with Crippen LogP contribution in [0.4, 0.5) is 0 Å². The molecule has 0 saturated carbocycles. The molecule has 2 aromatic carbocycles. The fourth-order valence-corrected chi connectivity index (χ4v) is 2.05. The third kappa shape index (κ3) is 4.38. The first-order valence-corrected chi connectivity index (χ1v) is 6.83. The zero-order chi connectivity index (χ0) is 16.1. The van der Waals surface area contributed by atoms with Crippen LogP contribution in [-0.4, -0.2) is 23.7 Å². The maximum Gasteiger partial charge on any atom is 0.349 e. The van der Waals surface area contributed by atoms with Crippen LogP contribution >= 0.6 is 23.2 Å². The van der Waals surface area contributed by atoms with Crippen LogP contribution in [0.5, 0.6) is 11.5 Å². The fourth-order valence-electron chi connectivity index (χ4n) is 1.58. The van der Waals surface area contributed by atoms with Crippen molar-refractivity contribution >= 4 is 35.1 Å². The number of benzene rings is 2. The van der Waals surface area contributed by atoms with Gasteiger partial charge in [0.25, 0.3) is 0 Å². The third-order valence-electron chi connectivity index (χ3n) is 2.55. The molecule has 0 unspecified atom stereocenters. The lowest BCUT2D eigenvalue weighted by Crippen LogP contribution is -2.18. The van der Waals surface area contributed by atoms with E-state index in [0.717, 1.165) is 0 Å². The molecule has 0 aliphatic carbocycles. The van der Waals surface area contributed by atoms with Crippen LogP contribution in [0.15, 0.2) is 42.5 Å². The maximum absolute atomic E-state index is 11.7. The highest BCUT2D eigenvalue weighted by Gasteiger charge is 2.10. The Hall–Kier alpha value is -2.24. The Morgan fingerprint density at radius 1 is 1.09 bits per heavy atom. The van der Waals surface area contributed by atoms with Gasteiger partial charge >= 0.3 is 11.9 Å². The molecule has 0 atom stereocenters. The lowest BCUT2D eigenvalue weighted by atomic mass is 10.2. The second-order valence-electron chi connectivity index (χ2n) is 4.17. The molecule has 22 heavy (non-hydrogen) atoms. The molecule has 7 heteroatoms. The minimum atomic E-state index is -1.11. The van der Waals surface area contributed by atoms with Crippen molar-refractivity contribution in [2.75, 3.05) is 6.61 Å². The number of carboxylic acids is 1. The lowest BCUT2D eigenvalue weighted by molar-refractivity contribution is -0.136. The van der Waals surface area contributed by atoms with Crippen molar-refractivity contribution < 1.29 is 24.2 Å². The molecule has 0 radical (unpaired) electrons. The number of hydrogen-bond acceptors (Lipinski definition) is 4. The van der Waals surface area contributed by atoms with E-state index in [4.69, 9.17) is 37.8 Å². The molecule has 2 aromatic rings. The number of halogens is 2. The number of hydrogen-bond donors (Lipinski definition) is 1. The van der Waals surface area contributed by atoms with Gasteiger partial charge in [-0.15, -0.1) is 0 Å². The quantitative estimate of drug-likeness (QED) is 0.663. The monoisotopic (exact) mass is 340 g/mol. The summed E-state index contributed by atoms with van der Waals surface area (Å²) in [5.41, 5.74) is 0.0203. The highest BCUT2D eigenvalue weighted by Crippen LogP contribution is 2.27. The summed E-state index contributed by atoms with van der Waals surface area (Å²) in [6.07, 6.45) is 0. The van der Waals surface area contributed by atoms with E-state index >= 15 is 0 Å². The molecular weight excluding hydrogens is 331 g/mol. The van der Waals surface area contributed by atoms with E-state index in [1.165, 1.54) is 36.4 Å². The molecule has 0 heterocycles. The Balaban J connectivity index is 1.95. The van der Waals surface area contributed by atoms with Gasteiger partial charge in [0.15, 0.2) is 6.61 Å². The largest absolute Gasteiger partial charge is 0.480 e. The minimum Gasteiger partial charge on any atom is -0.480 e. The van der Waals surface area contributed by atoms with Gasteiger partial charge in [-0.25, -0.2) is 9.59 Å². The SMILES string of the molecule is O=C(COc1ccc(Cl)cc1Cl)Oc1cccc(C(=O)O)c1. The number of aromatic carboxylic acids is 1. The summed E-state index contributed by atoms with van der Waals surface area (Å²) in [6, 6.07) is 10.2. The van der Waals surface area contributed by atoms with E-state index in [9.17, 15) is 9.59 Å². The Kier molecular flexibility index (Phi) is 5.25. The molecule has 0 amide bonds. The molecular formula is C15H10Cl2O5. The predicted molar refractivity (Wildman–Crippen MR) is 81.0 cm³/mol. The van der Waals surface area contributed by atoms with Crippen molar-refractivity contribution in [2.45, 2.75) is 0 Å². The van der Waals surface area contributed by atoms with Gasteiger partial charge in [-0.3, -0.25) is 0 Å². The van der Waals surface area contributed by atoms with Crippen LogP contribution in [0.3, 0.4) is 0 Å². The smallest absolute Gasteiger partial charge is 0.349 e. The van der Waals surface area contributed by atoms with Crippen molar-refractivity contribution in [2.24, 2.45) is 0 Å². The van der Waals surface area contributed by atoms with Gasteiger partial charge in [0.05, 0.1) is 10.6 Å². The van der Waals surface area contributed by atoms with E-state index in [1.807, 2.05) is 0 Å². The standard InChI is InChI=1S/C15H10Cl2O5/c16-10-4-5-13(12(17)7-10)21-8-14(18)22-11-3-1-2-9(6-11)15(19)20/h1-7H,8H2,(H,19,20). The highest BCUT2D eigenvalue weighted by molar-refractivity contribution is 6.35. The Morgan fingerprint density at radius 3 is 2.55 bits per heavy atom. The van der Waals surface area contributed by atoms with Gasteiger partial charge in [0.2, 0.25) is 0 Å². The Morgan fingerprint density at radius 2 is 1.86 bits per heavy atom. The molecule has 1 N–H and O–H groups in total. The van der Waals surface area contributed by atoms with E-state index in [1.54, 1.807) is 6.07 Å². The molecule has 5 nitrogen and oxygen atoms in total. The molecule has 2 rings (SSSR count). The predicted octanol–water partition coefficient (Wildman–Crippen LogP) is 3.68. The molecule has 0 spiro atoms. The first kappa shape index (κ1) is 16.1. The zero-order valence-corrected chi connectivity index (χ0v) is 12.6. The van der Waals surface area contributed by atoms with Crippen LogP contribution in [0.25, 0.3) is 0 Å². The van der Waals surface area contributed by atoms with Gasteiger partial charge in [0.1, 0.15) is 11.5 Å². The molecule has 0 saturated heterocycles. The molecule has 0 fully saturated rings. The van der Waals surface area contributed by atoms with Crippen LogP contribution in [0, 0.1) is 0 Å². The van der Waals surface area contributed by atoms with Gasteiger partial charge in [-0.1, -0.05) is 29.3 Å². The summed E-state index contributed by atoms with van der Waals surface area (Å²) in [5, 5.41) is 9.58. The summed E-state index contributed by atoms with van der Waals surface area (Å²) in [5.74, 6) is -1.38. The molecule has 114 valence electrons. The third-order valence-corrected chi connectivity index (χ3v) is 3.08. The summed E-state index contributed by atoms with van der Waals surface area (Å²) in [7, 11) is 0. The molecule has 0 aliphatic heterocycles. The van der Waals surface area contributed by atoms with Gasteiger partial charge in [0, 0.05) is 5.02 Å². The zero-order valence-electron chi connectivity index (χ0n) is 11.1. The second-order valence-corrected chi connectivity index (χ2v) is 5.01. The second kappa shape index (κ2) is 7.15. The number of carboxylic acid groups (broad SMARTS) is 1. The number of rotatable bonds is 5. The minimum absolute atomic E-state index is 0.0203. The normalized spacial score (nSPS) is 10.1. The summed E-state index contributed by atoms with van der Waals surface area (Å²) >= 11 is 11.6. The number of ether oxygens (including phenoxy) is 2. The van der Waals surface area contributed by atoms with E-state index in [0.29, 0.717) is 10.8 Å². The van der Waals surface area contributed by atoms with Gasteiger partial charge in [-0.2, -0.15) is 0 Å². The fraction of sp³-hybridized carbons (Fsp3) is 0.0667. The molecule has 0 aromatic heterocycles. The molecule has 0 bridgehead atoms. The molecule has 0 aliphatic rings. The summed E-state index contributed by atoms with van der Waals surface area (Å²) in [4.78, 5) is 22.5. The Labute approximate surface area is 136 Å². The van der Waals surface area contributed by atoms with E-state index in [-0.39, 0.29) is 22.9 Å². The van der Waals surface area contributed by atoms with Crippen molar-refractivity contribution in [3.05, 3.63) is 58.1 Å². The van der Waals surface area contributed by atoms with Gasteiger partial charge in [-0.05, 0) is 36.4 Å².